The molecule has 3 rings (SSSR count). The molecule has 0 spiro atoms. The number of benzene rings is 2. The first-order valence-corrected chi connectivity index (χ1v) is 9.13. The zero-order valence-corrected chi connectivity index (χ0v) is 15.1. The van der Waals surface area contributed by atoms with Crippen LogP contribution in [0.2, 0.25) is 0 Å². The molecule has 2 aromatic carbocycles. The quantitative estimate of drug-likeness (QED) is 0.817. The van der Waals surface area contributed by atoms with Gasteiger partial charge in [0, 0.05) is 30.4 Å². The van der Waals surface area contributed by atoms with Gasteiger partial charge in [-0.25, -0.2) is 0 Å². The Morgan fingerprint density at radius 1 is 1.00 bits per heavy atom. The van der Waals surface area contributed by atoms with Crippen molar-refractivity contribution in [2.24, 2.45) is 0 Å². The van der Waals surface area contributed by atoms with Crippen molar-refractivity contribution in [2.45, 2.75) is 26.2 Å². The van der Waals surface area contributed by atoms with E-state index in [4.69, 9.17) is 0 Å². The monoisotopic (exact) mass is 348 g/mol. The van der Waals surface area contributed by atoms with E-state index < -0.39 is 0 Å². The Kier molecular flexibility index (Phi) is 5.84. The zero-order valence-electron chi connectivity index (χ0n) is 15.1. The molecule has 2 amide bonds. The number of likely N-dealkylation sites (tertiary alicyclic amines) is 1. The predicted octanol–water partition coefficient (Wildman–Crippen LogP) is 4.35. The van der Waals surface area contributed by atoms with Gasteiger partial charge in [-0.2, -0.15) is 0 Å². The van der Waals surface area contributed by atoms with Crippen LogP contribution in [0.4, 0.5) is 5.69 Å². The normalized spacial score (nSPS) is 14.3. The van der Waals surface area contributed by atoms with Crippen molar-refractivity contribution in [3.05, 3.63) is 71.8 Å². The minimum Gasteiger partial charge on any atom is -0.339 e. The molecule has 0 aliphatic carbocycles. The van der Waals surface area contributed by atoms with Crippen LogP contribution < -0.4 is 5.32 Å². The molecular weight excluding hydrogens is 324 g/mol. The molecule has 0 aromatic heterocycles. The highest BCUT2D eigenvalue weighted by atomic mass is 16.2. The molecule has 0 unspecified atom stereocenters. The van der Waals surface area contributed by atoms with Gasteiger partial charge in [0.2, 0.25) is 5.91 Å². The van der Waals surface area contributed by atoms with Crippen LogP contribution in [0.1, 0.15) is 42.1 Å². The van der Waals surface area contributed by atoms with Gasteiger partial charge in [-0.05, 0) is 48.6 Å². The first-order valence-electron chi connectivity index (χ1n) is 9.13. The van der Waals surface area contributed by atoms with E-state index in [0.717, 1.165) is 43.5 Å². The molecule has 0 atom stereocenters. The van der Waals surface area contributed by atoms with Crippen LogP contribution in [-0.2, 0) is 4.79 Å². The molecule has 1 N–H and O–H groups in total. The molecule has 26 heavy (non-hydrogen) atoms. The van der Waals surface area contributed by atoms with E-state index in [1.165, 1.54) is 0 Å². The van der Waals surface area contributed by atoms with Crippen LogP contribution in [0, 0.1) is 0 Å². The maximum Gasteiger partial charge on any atom is 0.253 e. The van der Waals surface area contributed by atoms with Gasteiger partial charge in [0.05, 0.1) is 0 Å². The number of amides is 2. The first-order chi connectivity index (χ1) is 12.7. The second-order valence-corrected chi connectivity index (χ2v) is 6.46. The number of allylic oxidation sites excluding steroid dienone is 1. The number of nitrogens with zero attached hydrogens (tertiary/aromatic N) is 1. The number of anilines is 1. The molecule has 134 valence electrons. The molecule has 1 saturated heterocycles. The number of hydrogen-bond acceptors (Lipinski definition) is 2. The van der Waals surface area contributed by atoms with Gasteiger partial charge in [0.25, 0.3) is 5.91 Å². The highest BCUT2D eigenvalue weighted by Gasteiger charge is 2.19. The Hall–Kier alpha value is -2.88. The Labute approximate surface area is 154 Å². The third-order valence-corrected chi connectivity index (χ3v) is 4.60. The number of hydrogen-bond donors (Lipinski definition) is 1. The summed E-state index contributed by atoms with van der Waals surface area (Å²) in [6, 6.07) is 17.0. The number of carbonyl (C=O) groups excluding carboxylic acids is 2. The third-order valence-electron chi connectivity index (χ3n) is 4.60. The topological polar surface area (TPSA) is 49.4 Å². The van der Waals surface area contributed by atoms with Gasteiger partial charge >= 0.3 is 0 Å². The Morgan fingerprint density at radius 3 is 2.38 bits per heavy atom. The largest absolute Gasteiger partial charge is 0.339 e. The molecule has 1 aliphatic rings. The van der Waals surface area contributed by atoms with Gasteiger partial charge in [0.15, 0.2) is 0 Å². The summed E-state index contributed by atoms with van der Waals surface area (Å²) in [6.07, 6.45) is 4.52. The van der Waals surface area contributed by atoms with Crippen molar-refractivity contribution in [1.29, 1.82) is 0 Å². The third kappa shape index (κ3) is 4.39. The van der Waals surface area contributed by atoms with E-state index in [1.807, 2.05) is 42.2 Å². The Balaban J connectivity index is 1.72. The van der Waals surface area contributed by atoms with Crippen LogP contribution in [0.5, 0.6) is 0 Å². The lowest BCUT2D eigenvalue weighted by Crippen LogP contribution is -2.27. The molecule has 1 fully saturated rings. The van der Waals surface area contributed by atoms with Gasteiger partial charge in [-0.3, -0.25) is 9.59 Å². The maximum atomic E-state index is 12.5. The number of nitrogens with one attached hydrogen (secondary N) is 1. The minimum atomic E-state index is -0.184. The van der Waals surface area contributed by atoms with Crippen molar-refractivity contribution in [3.8, 4) is 0 Å². The Morgan fingerprint density at radius 2 is 1.69 bits per heavy atom. The number of rotatable bonds is 5. The van der Waals surface area contributed by atoms with Crippen LogP contribution >= 0.6 is 0 Å². The van der Waals surface area contributed by atoms with Crippen molar-refractivity contribution in [3.63, 3.8) is 0 Å². The lowest BCUT2D eigenvalue weighted by Gasteiger charge is -2.15. The average molecular weight is 348 g/mol. The highest BCUT2D eigenvalue weighted by molar-refractivity contribution is 6.04. The summed E-state index contributed by atoms with van der Waals surface area (Å²) in [5.74, 6) is -0.149. The molecule has 4 heteroatoms. The summed E-state index contributed by atoms with van der Waals surface area (Å²) in [5, 5.41) is 2.88. The molecule has 4 nitrogen and oxygen atoms in total. The fourth-order valence-electron chi connectivity index (χ4n) is 3.21. The van der Waals surface area contributed by atoms with Crippen LogP contribution in [0.3, 0.4) is 0 Å². The lowest BCUT2D eigenvalue weighted by molar-refractivity contribution is -0.111. The predicted molar refractivity (Wildman–Crippen MR) is 105 cm³/mol. The standard InChI is InChI=1S/C22H24N2O2/c1-2-17(18-9-4-3-5-10-18)16-21(25)23-20-12-8-11-19(15-20)22(26)24-13-6-7-14-24/h3-5,8-12,15-16H,2,6-7,13-14H2,1H3,(H,23,25)/b17-16+. The van der Waals surface area contributed by atoms with Crippen molar-refractivity contribution >= 4 is 23.1 Å². The Bertz CT molecular complexity index is 806. The molecular formula is C22H24N2O2. The maximum absolute atomic E-state index is 12.5. The molecule has 1 heterocycles. The van der Waals surface area contributed by atoms with Gasteiger partial charge in [-0.1, -0.05) is 43.3 Å². The average Bonchev–Trinajstić information content (AvgIpc) is 3.21. The minimum absolute atomic E-state index is 0.0349. The summed E-state index contributed by atoms with van der Waals surface area (Å²) in [5.41, 5.74) is 3.28. The lowest BCUT2D eigenvalue weighted by atomic mass is 10.0. The molecule has 0 saturated carbocycles. The van der Waals surface area contributed by atoms with E-state index in [0.29, 0.717) is 11.3 Å². The van der Waals surface area contributed by atoms with E-state index in [2.05, 4.69) is 5.32 Å². The summed E-state index contributed by atoms with van der Waals surface area (Å²) < 4.78 is 0. The second-order valence-electron chi connectivity index (χ2n) is 6.46. The summed E-state index contributed by atoms with van der Waals surface area (Å²) >= 11 is 0. The molecule has 1 aliphatic heterocycles. The summed E-state index contributed by atoms with van der Waals surface area (Å²) in [6.45, 7) is 3.66. The highest BCUT2D eigenvalue weighted by Crippen LogP contribution is 2.19. The van der Waals surface area contributed by atoms with Crippen molar-refractivity contribution < 1.29 is 9.59 Å². The van der Waals surface area contributed by atoms with E-state index >= 15 is 0 Å². The van der Waals surface area contributed by atoms with Crippen molar-refractivity contribution in [1.82, 2.24) is 4.90 Å². The number of carbonyl (C=O) groups is 2. The fourth-order valence-corrected chi connectivity index (χ4v) is 3.21. The molecule has 0 bridgehead atoms. The van der Waals surface area contributed by atoms with E-state index in [9.17, 15) is 9.59 Å². The van der Waals surface area contributed by atoms with Gasteiger partial charge < -0.3 is 10.2 Å². The van der Waals surface area contributed by atoms with Crippen LogP contribution in [0.15, 0.2) is 60.7 Å². The van der Waals surface area contributed by atoms with Crippen LogP contribution in [-0.4, -0.2) is 29.8 Å². The molecule has 2 aromatic rings. The zero-order chi connectivity index (χ0) is 18.4. The second kappa shape index (κ2) is 8.48. The van der Waals surface area contributed by atoms with E-state index in [1.54, 1.807) is 30.3 Å². The van der Waals surface area contributed by atoms with Crippen LogP contribution in [0.25, 0.3) is 5.57 Å². The van der Waals surface area contributed by atoms with Gasteiger partial charge in [-0.15, -0.1) is 0 Å². The summed E-state index contributed by atoms with van der Waals surface area (Å²) in [4.78, 5) is 26.8. The summed E-state index contributed by atoms with van der Waals surface area (Å²) in [7, 11) is 0. The van der Waals surface area contributed by atoms with Gasteiger partial charge in [0.1, 0.15) is 0 Å². The first kappa shape index (κ1) is 17.9. The fraction of sp³-hybridized carbons (Fsp3) is 0.273. The van der Waals surface area contributed by atoms with E-state index in [-0.39, 0.29) is 11.8 Å². The SMILES string of the molecule is CC/C(=C\C(=O)Nc1cccc(C(=O)N2CCCC2)c1)c1ccccc1. The van der Waals surface area contributed by atoms with Crippen molar-refractivity contribution in [2.75, 3.05) is 18.4 Å². The smallest absolute Gasteiger partial charge is 0.253 e. The molecule has 0 radical (unpaired) electrons.